The van der Waals surface area contributed by atoms with Crippen molar-refractivity contribution in [3.05, 3.63) is 35.6 Å². The molecule has 0 heterocycles. The van der Waals surface area contributed by atoms with Gasteiger partial charge in [0, 0.05) is 0 Å². The molecule has 0 saturated heterocycles. The molecule has 0 spiro atoms. The number of likely N-dealkylation sites (N-methyl/N-ethyl adjacent to an activating group) is 1. The van der Waals surface area contributed by atoms with Crippen LogP contribution in [0.25, 0.3) is 0 Å². The SMILES string of the molecule is CNC(Cc1cccc(F)c1)C(C)=O. The molecular formula is C11H14FNO. The molecule has 3 heteroatoms. The first-order valence-corrected chi connectivity index (χ1v) is 4.55. The number of carbonyl (C=O) groups excluding carboxylic acids is 1. The van der Waals surface area contributed by atoms with Gasteiger partial charge in [-0.1, -0.05) is 12.1 Å². The van der Waals surface area contributed by atoms with Crippen molar-refractivity contribution in [1.82, 2.24) is 5.32 Å². The van der Waals surface area contributed by atoms with Crippen molar-refractivity contribution in [2.75, 3.05) is 7.05 Å². The van der Waals surface area contributed by atoms with Crippen LogP contribution in [0.4, 0.5) is 4.39 Å². The maximum atomic E-state index is 12.8. The molecule has 76 valence electrons. The summed E-state index contributed by atoms with van der Waals surface area (Å²) >= 11 is 0. The number of nitrogens with one attached hydrogen (secondary N) is 1. The first kappa shape index (κ1) is 10.9. The van der Waals surface area contributed by atoms with Crippen LogP contribution in [0.1, 0.15) is 12.5 Å². The summed E-state index contributed by atoms with van der Waals surface area (Å²) in [6.07, 6.45) is 0.531. The summed E-state index contributed by atoms with van der Waals surface area (Å²) in [5.74, 6) is -0.197. The minimum absolute atomic E-state index is 0.0664. The van der Waals surface area contributed by atoms with E-state index in [0.29, 0.717) is 6.42 Å². The Morgan fingerprint density at radius 1 is 1.57 bits per heavy atom. The van der Waals surface area contributed by atoms with E-state index in [1.165, 1.54) is 19.1 Å². The predicted octanol–water partition coefficient (Wildman–Crippen LogP) is 1.55. The average Bonchev–Trinajstić information content (AvgIpc) is 2.14. The smallest absolute Gasteiger partial charge is 0.147 e. The first-order chi connectivity index (χ1) is 6.63. The second kappa shape index (κ2) is 4.86. The van der Waals surface area contributed by atoms with Crippen LogP contribution in [0, 0.1) is 5.82 Å². The Kier molecular flexibility index (Phi) is 3.77. The third-order valence-electron chi connectivity index (χ3n) is 2.17. The van der Waals surface area contributed by atoms with Crippen molar-refractivity contribution in [2.24, 2.45) is 0 Å². The summed E-state index contributed by atoms with van der Waals surface area (Å²) in [6, 6.07) is 6.09. The Balaban J connectivity index is 2.72. The lowest BCUT2D eigenvalue weighted by molar-refractivity contribution is -0.118. The number of hydrogen-bond acceptors (Lipinski definition) is 2. The number of rotatable bonds is 4. The normalized spacial score (nSPS) is 12.5. The fourth-order valence-corrected chi connectivity index (χ4v) is 1.35. The standard InChI is InChI=1S/C11H14FNO/c1-8(14)11(13-2)7-9-4-3-5-10(12)6-9/h3-6,11,13H,7H2,1-2H3. The van der Waals surface area contributed by atoms with Crippen LogP contribution < -0.4 is 5.32 Å². The lowest BCUT2D eigenvalue weighted by atomic mass is 10.0. The quantitative estimate of drug-likeness (QED) is 0.789. The van der Waals surface area contributed by atoms with Crippen LogP contribution in [0.2, 0.25) is 0 Å². The minimum Gasteiger partial charge on any atom is -0.310 e. The Morgan fingerprint density at radius 3 is 2.79 bits per heavy atom. The number of ketones is 1. The van der Waals surface area contributed by atoms with Gasteiger partial charge in [-0.2, -0.15) is 0 Å². The Hall–Kier alpha value is -1.22. The summed E-state index contributed by atoms with van der Waals surface area (Å²) in [4.78, 5) is 11.1. The van der Waals surface area contributed by atoms with E-state index in [0.717, 1.165) is 5.56 Å². The highest BCUT2D eigenvalue weighted by molar-refractivity contribution is 5.81. The molecule has 0 radical (unpaired) electrons. The van der Waals surface area contributed by atoms with E-state index in [-0.39, 0.29) is 17.6 Å². The van der Waals surface area contributed by atoms with Crippen LogP contribution in [0.3, 0.4) is 0 Å². The molecule has 0 aliphatic heterocycles. The van der Waals surface area contributed by atoms with E-state index < -0.39 is 0 Å². The minimum atomic E-state index is -0.263. The highest BCUT2D eigenvalue weighted by atomic mass is 19.1. The summed E-state index contributed by atoms with van der Waals surface area (Å²) < 4.78 is 12.8. The number of carbonyl (C=O) groups is 1. The van der Waals surface area contributed by atoms with Gasteiger partial charge in [-0.05, 0) is 38.1 Å². The monoisotopic (exact) mass is 195 g/mol. The highest BCUT2D eigenvalue weighted by Gasteiger charge is 2.11. The molecule has 0 fully saturated rings. The number of benzene rings is 1. The molecule has 1 aromatic rings. The maximum Gasteiger partial charge on any atom is 0.147 e. The van der Waals surface area contributed by atoms with E-state index in [2.05, 4.69) is 5.32 Å². The molecule has 2 nitrogen and oxygen atoms in total. The fourth-order valence-electron chi connectivity index (χ4n) is 1.35. The van der Waals surface area contributed by atoms with Gasteiger partial charge in [-0.15, -0.1) is 0 Å². The van der Waals surface area contributed by atoms with E-state index in [1.54, 1.807) is 13.1 Å². The number of halogens is 1. The van der Waals surface area contributed by atoms with Crippen molar-refractivity contribution >= 4 is 5.78 Å². The van der Waals surface area contributed by atoms with E-state index >= 15 is 0 Å². The van der Waals surface area contributed by atoms with Crippen molar-refractivity contribution in [1.29, 1.82) is 0 Å². The molecule has 0 bridgehead atoms. The van der Waals surface area contributed by atoms with Crippen LogP contribution in [0.15, 0.2) is 24.3 Å². The van der Waals surface area contributed by atoms with Crippen molar-refractivity contribution < 1.29 is 9.18 Å². The zero-order valence-corrected chi connectivity index (χ0v) is 8.38. The Morgan fingerprint density at radius 2 is 2.29 bits per heavy atom. The van der Waals surface area contributed by atoms with Gasteiger partial charge in [-0.25, -0.2) is 4.39 Å². The summed E-state index contributed by atoms with van der Waals surface area (Å²) in [5.41, 5.74) is 0.833. The molecule has 1 aromatic carbocycles. The van der Waals surface area contributed by atoms with Crippen LogP contribution in [-0.2, 0) is 11.2 Å². The van der Waals surface area contributed by atoms with Gasteiger partial charge < -0.3 is 5.32 Å². The maximum absolute atomic E-state index is 12.8. The van der Waals surface area contributed by atoms with Crippen LogP contribution in [-0.4, -0.2) is 18.9 Å². The van der Waals surface area contributed by atoms with Crippen molar-refractivity contribution in [2.45, 2.75) is 19.4 Å². The molecule has 0 aliphatic rings. The molecule has 1 rings (SSSR count). The second-order valence-electron chi connectivity index (χ2n) is 3.29. The zero-order chi connectivity index (χ0) is 10.6. The summed E-state index contributed by atoms with van der Waals surface area (Å²) in [5, 5.41) is 2.90. The molecule has 0 aromatic heterocycles. The molecule has 1 atom stereocenters. The molecular weight excluding hydrogens is 181 g/mol. The van der Waals surface area contributed by atoms with Crippen LogP contribution >= 0.6 is 0 Å². The predicted molar refractivity (Wildman–Crippen MR) is 53.6 cm³/mol. The van der Waals surface area contributed by atoms with Crippen molar-refractivity contribution in [3.8, 4) is 0 Å². The lowest BCUT2D eigenvalue weighted by Gasteiger charge is -2.12. The van der Waals surface area contributed by atoms with Gasteiger partial charge in [0.2, 0.25) is 0 Å². The molecule has 1 N–H and O–H groups in total. The average molecular weight is 195 g/mol. The summed E-state index contributed by atoms with van der Waals surface area (Å²) in [6.45, 7) is 1.53. The van der Waals surface area contributed by atoms with Gasteiger partial charge in [0.05, 0.1) is 6.04 Å². The van der Waals surface area contributed by atoms with Crippen LogP contribution in [0.5, 0.6) is 0 Å². The molecule has 1 unspecified atom stereocenters. The largest absolute Gasteiger partial charge is 0.310 e. The number of Topliss-reactive ketones (excluding diaryl/α,β-unsaturated/α-hetero) is 1. The molecule has 0 saturated carbocycles. The van der Waals surface area contributed by atoms with Gasteiger partial charge in [0.1, 0.15) is 11.6 Å². The molecule has 0 aliphatic carbocycles. The molecule has 0 amide bonds. The van der Waals surface area contributed by atoms with E-state index in [4.69, 9.17) is 0 Å². The Labute approximate surface area is 83.1 Å². The van der Waals surface area contributed by atoms with Crippen molar-refractivity contribution in [3.63, 3.8) is 0 Å². The number of hydrogen-bond donors (Lipinski definition) is 1. The molecule has 14 heavy (non-hydrogen) atoms. The third kappa shape index (κ3) is 2.92. The van der Waals surface area contributed by atoms with E-state index in [1.807, 2.05) is 6.07 Å². The topological polar surface area (TPSA) is 29.1 Å². The van der Waals surface area contributed by atoms with Gasteiger partial charge in [-0.3, -0.25) is 4.79 Å². The Bertz CT molecular complexity index is 325. The highest BCUT2D eigenvalue weighted by Crippen LogP contribution is 2.06. The second-order valence-corrected chi connectivity index (χ2v) is 3.29. The first-order valence-electron chi connectivity index (χ1n) is 4.55. The van der Waals surface area contributed by atoms with E-state index in [9.17, 15) is 9.18 Å². The third-order valence-corrected chi connectivity index (χ3v) is 2.17. The fraction of sp³-hybridized carbons (Fsp3) is 0.364. The lowest BCUT2D eigenvalue weighted by Crippen LogP contribution is -2.34. The van der Waals surface area contributed by atoms with Gasteiger partial charge in [0.15, 0.2) is 0 Å². The van der Waals surface area contributed by atoms with Gasteiger partial charge >= 0.3 is 0 Å². The summed E-state index contributed by atoms with van der Waals surface area (Å²) in [7, 11) is 1.73. The van der Waals surface area contributed by atoms with Gasteiger partial charge in [0.25, 0.3) is 0 Å². The zero-order valence-electron chi connectivity index (χ0n) is 8.38.